The lowest BCUT2D eigenvalue weighted by Gasteiger charge is -2.19. The van der Waals surface area contributed by atoms with Gasteiger partial charge in [0, 0.05) is 6.42 Å². The van der Waals surface area contributed by atoms with Crippen molar-refractivity contribution in [1.29, 1.82) is 0 Å². The Morgan fingerprint density at radius 1 is 1.07 bits per heavy atom. The molecule has 0 aliphatic rings. The molecule has 0 aliphatic carbocycles. The number of rotatable bonds is 4. The van der Waals surface area contributed by atoms with Gasteiger partial charge < -0.3 is 0 Å². The van der Waals surface area contributed by atoms with Crippen molar-refractivity contribution < 1.29 is 26.3 Å². The molecule has 0 heterocycles. The first-order chi connectivity index (χ1) is 6.17. The third-order valence-electron chi connectivity index (χ3n) is 1.55. The van der Waals surface area contributed by atoms with Gasteiger partial charge in [0.05, 0.1) is 0 Å². The maximum atomic E-state index is 11.9. The summed E-state index contributed by atoms with van der Waals surface area (Å²) in [7, 11) is 0. The van der Waals surface area contributed by atoms with E-state index in [0.717, 1.165) is 0 Å². The van der Waals surface area contributed by atoms with Gasteiger partial charge in [-0.05, 0) is 12.8 Å². The van der Waals surface area contributed by atoms with E-state index in [2.05, 4.69) is 5.84 Å². The van der Waals surface area contributed by atoms with Crippen LogP contribution in [0.15, 0.2) is 0 Å². The first kappa shape index (κ1) is 13.5. The molecule has 0 bridgehead atoms. The van der Waals surface area contributed by atoms with Gasteiger partial charge >= 0.3 is 12.4 Å². The highest BCUT2D eigenvalue weighted by atomic mass is 19.4. The standard InChI is InChI=1S/C6H10F6N2/c7-5(8,9)3-1-2-4(14-13)6(10,11)12/h4,14H,1-3,13H2. The fourth-order valence-electron chi connectivity index (χ4n) is 0.848. The zero-order valence-corrected chi connectivity index (χ0v) is 7.04. The Balaban J connectivity index is 3.87. The molecule has 0 aromatic heterocycles. The van der Waals surface area contributed by atoms with Gasteiger partial charge in [0.2, 0.25) is 0 Å². The molecule has 1 unspecified atom stereocenters. The van der Waals surface area contributed by atoms with Crippen molar-refractivity contribution in [2.24, 2.45) is 5.84 Å². The van der Waals surface area contributed by atoms with Crippen LogP contribution in [0, 0.1) is 0 Å². The number of nitrogens with two attached hydrogens (primary N) is 1. The monoisotopic (exact) mass is 224 g/mol. The normalized spacial score (nSPS) is 15.6. The number of hydrazine groups is 1. The van der Waals surface area contributed by atoms with Crippen LogP contribution in [0.5, 0.6) is 0 Å². The third kappa shape index (κ3) is 6.03. The van der Waals surface area contributed by atoms with Crippen LogP contribution in [0.4, 0.5) is 26.3 Å². The quantitative estimate of drug-likeness (QED) is 0.436. The van der Waals surface area contributed by atoms with Gasteiger partial charge in [-0.15, -0.1) is 0 Å². The maximum Gasteiger partial charge on any atom is 0.405 e. The van der Waals surface area contributed by atoms with Gasteiger partial charge in [-0.1, -0.05) is 0 Å². The van der Waals surface area contributed by atoms with E-state index in [1.807, 2.05) is 0 Å². The molecule has 3 N–H and O–H groups in total. The van der Waals surface area contributed by atoms with Gasteiger partial charge in [-0.2, -0.15) is 26.3 Å². The molecule has 0 aromatic carbocycles. The minimum atomic E-state index is -4.61. The maximum absolute atomic E-state index is 11.9. The van der Waals surface area contributed by atoms with Crippen LogP contribution in [-0.2, 0) is 0 Å². The highest BCUT2D eigenvalue weighted by Gasteiger charge is 2.39. The van der Waals surface area contributed by atoms with E-state index in [0.29, 0.717) is 0 Å². The minimum absolute atomic E-state index is 0.599. The van der Waals surface area contributed by atoms with Crippen molar-refractivity contribution in [3.63, 3.8) is 0 Å². The van der Waals surface area contributed by atoms with E-state index in [4.69, 9.17) is 0 Å². The van der Waals surface area contributed by atoms with E-state index >= 15 is 0 Å². The van der Waals surface area contributed by atoms with Crippen LogP contribution < -0.4 is 11.3 Å². The molecule has 2 nitrogen and oxygen atoms in total. The van der Waals surface area contributed by atoms with Crippen LogP contribution in [0.2, 0.25) is 0 Å². The second-order valence-electron chi connectivity index (χ2n) is 2.77. The Hall–Kier alpha value is -0.500. The van der Waals surface area contributed by atoms with Crippen molar-refractivity contribution in [3.05, 3.63) is 0 Å². The van der Waals surface area contributed by atoms with E-state index in [1.54, 1.807) is 0 Å². The summed E-state index contributed by atoms with van der Waals surface area (Å²) in [6.07, 6.45) is -11.6. The summed E-state index contributed by atoms with van der Waals surface area (Å²) in [5, 5.41) is 0. The molecule has 8 heteroatoms. The van der Waals surface area contributed by atoms with Crippen molar-refractivity contribution in [2.75, 3.05) is 0 Å². The van der Waals surface area contributed by atoms with Crippen LogP contribution in [0.25, 0.3) is 0 Å². The van der Waals surface area contributed by atoms with Crippen LogP contribution >= 0.6 is 0 Å². The lowest BCUT2D eigenvalue weighted by molar-refractivity contribution is -0.163. The van der Waals surface area contributed by atoms with E-state index in [1.165, 1.54) is 5.43 Å². The van der Waals surface area contributed by atoms with Gasteiger partial charge in [-0.25, -0.2) is 5.43 Å². The summed E-state index contributed by atoms with van der Waals surface area (Å²) in [4.78, 5) is 0. The van der Waals surface area contributed by atoms with Crippen molar-refractivity contribution in [2.45, 2.75) is 37.7 Å². The van der Waals surface area contributed by atoms with E-state index in [-0.39, 0.29) is 0 Å². The molecular formula is C6H10F6N2. The van der Waals surface area contributed by atoms with Crippen molar-refractivity contribution in [3.8, 4) is 0 Å². The molecule has 0 spiro atoms. The zero-order chi connectivity index (χ0) is 11.4. The summed E-state index contributed by atoms with van der Waals surface area (Å²) in [5.41, 5.74) is 1.44. The molecule has 0 radical (unpaired) electrons. The molecule has 14 heavy (non-hydrogen) atoms. The molecule has 0 aliphatic heterocycles. The fraction of sp³-hybridized carbons (Fsp3) is 1.00. The smallest absolute Gasteiger partial charge is 0.271 e. The Labute approximate surface area is 76.4 Å². The van der Waals surface area contributed by atoms with Crippen molar-refractivity contribution >= 4 is 0 Å². The molecule has 0 saturated heterocycles. The average Bonchev–Trinajstić information content (AvgIpc) is 1.93. The Kier molecular flexibility index (Phi) is 4.66. The average molecular weight is 224 g/mol. The van der Waals surface area contributed by atoms with E-state index < -0.39 is 37.7 Å². The lowest BCUT2D eigenvalue weighted by atomic mass is 10.1. The zero-order valence-electron chi connectivity index (χ0n) is 7.04. The summed E-state index contributed by atoms with van der Waals surface area (Å²) < 4.78 is 70.5. The van der Waals surface area contributed by atoms with E-state index in [9.17, 15) is 26.3 Å². The summed E-state index contributed by atoms with van der Waals surface area (Å²) in [6, 6.07) is -2.08. The largest absolute Gasteiger partial charge is 0.405 e. The Morgan fingerprint density at radius 3 is 1.86 bits per heavy atom. The lowest BCUT2D eigenvalue weighted by Crippen LogP contribution is -2.46. The summed E-state index contributed by atoms with van der Waals surface area (Å²) in [5.74, 6) is 4.56. The fourth-order valence-corrected chi connectivity index (χ4v) is 0.848. The minimum Gasteiger partial charge on any atom is -0.271 e. The van der Waals surface area contributed by atoms with Gasteiger partial charge in [-0.3, -0.25) is 5.84 Å². The molecule has 0 amide bonds. The predicted molar refractivity (Wildman–Crippen MR) is 37.1 cm³/mol. The van der Waals surface area contributed by atoms with Gasteiger partial charge in [0.1, 0.15) is 6.04 Å². The summed E-state index contributed by atoms with van der Waals surface area (Å²) >= 11 is 0. The molecular weight excluding hydrogens is 214 g/mol. The van der Waals surface area contributed by atoms with Crippen molar-refractivity contribution in [1.82, 2.24) is 5.43 Å². The number of halogens is 6. The van der Waals surface area contributed by atoms with Crippen LogP contribution in [-0.4, -0.2) is 18.4 Å². The Bertz CT molecular complexity index is 163. The second-order valence-corrected chi connectivity index (χ2v) is 2.77. The highest BCUT2D eigenvalue weighted by molar-refractivity contribution is 4.72. The third-order valence-corrected chi connectivity index (χ3v) is 1.55. The first-order valence-electron chi connectivity index (χ1n) is 3.76. The van der Waals surface area contributed by atoms with Gasteiger partial charge in [0.15, 0.2) is 0 Å². The van der Waals surface area contributed by atoms with Crippen LogP contribution in [0.1, 0.15) is 19.3 Å². The molecule has 1 atom stereocenters. The molecule has 0 rings (SSSR count). The number of hydrogen-bond donors (Lipinski definition) is 2. The molecule has 86 valence electrons. The molecule has 0 aromatic rings. The van der Waals surface area contributed by atoms with Gasteiger partial charge in [0.25, 0.3) is 0 Å². The SMILES string of the molecule is NNC(CCCC(F)(F)F)C(F)(F)F. The highest BCUT2D eigenvalue weighted by Crippen LogP contribution is 2.27. The number of nitrogens with one attached hydrogen (secondary N) is 1. The number of alkyl halides is 6. The Morgan fingerprint density at radius 2 is 1.57 bits per heavy atom. The number of hydrogen-bond acceptors (Lipinski definition) is 2. The first-order valence-corrected chi connectivity index (χ1v) is 3.76. The van der Waals surface area contributed by atoms with Crippen LogP contribution in [0.3, 0.4) is 0 Å². The summed E-state index contributed by atoms with van der Waals surface area (Å²) in [6.45, 7) is 0. The second kappa shape index (κ2) is 4.83. The topological polar surface area (TPSA) is 38.0 Å². The molecule has 0 saturated carbocycles. The molecule has 0 fully saturated rings. The predicted octanol–water partition coefficient (Wildman–Crippen LogP) is 2.11.